The molecule has 1 atom stereocenters. The van der Waals surface area contributed by atoms with Crippen molar-refractivity contribution in [2.24, 2.45) is 0 Å². The molecule has 0 aromatic heterocycles. The molecule has 7 heteroatoms. The average Bonchev–Trinajstić information content (AvgIpc) is 3.46. The Morgan fingerprint density at radius 1 is 0.867 bits per heavy atom. The Morgan fingerprint density at radius 2 is 1.57 bits per heavy atom. The summed E-state index contributed by atoms with van der Waals surface area (Å²) in [5.41, 5.74) is 0.769. The third-order valence-corrected chi connectivity index (χ3v) is 5.74. The summed E-state index contributed by atoms with van der Waals surface area (Å²) in [6.07, 6.45) is 3.70. The number of halogens is 2. The predicted octanol–water partition coefficient (Wildman–Crippen LogP) is 3.88. The van der Waals surface area contributed by atoms with Crippen molar-refractivity contribution in [1.29, 1.82) is 0 Å². The van der Waals surface area contributed by atoms with Gasteiger partial charge in [0.2, 0.25) is 0 Å². The molecule has 2 saturated heterocycles. The molecule has 2 aliphatic heterocycles. The van der Waals surface area contributed by atoms with Gasteiger partial charge in [-0.2, -0.15) is 0 Å². The van der Waals surface area contributed by atoms with Crippen LogP contribution >= 0.6 is 0 Å². The SMILES string of the molecule is O=C(c1ccc(OC[C@@H]2CCCN2C(=O)c2ccc(F)c(F)c2)cc1)N1CCCC1. The van der Waals surface area contributed by atoms with Crippen LogP contribution in [-0.2, 0) is 0 Å². The first-order valence-corrected chi connectivity index (χ1v) is 10.3. The maximum Gasteiger partial charge on any atom is 0.254 e. The van der Waals surface area contributed by atoms with Crippen LogP contribution in [-0.4, -0.2) is 53.9 Å². The van der Waals surface area contributed by atoms with E-state index in [0.29, 0.717) is 24.5 Å². The zero-order valence-electron chi connectivity index (χ0n) is 16.7. The third-order valence-electron chi connectivity index (χ3n) is 5.74. The second-order valence-electron chi connectivity index (χ2n) is 7.76. The monoisotopic (exact) mass is 414 g/mol. The molecule has 5 nitrogen and oxygen atoms in total. The van der Waals surface area contributed by atoms with Gasteiger partial charge < -0.3 is 14.5 Å². The van der Waals surface area contributed by atoms with Gasteiger partial charge in [-0.15, -0.1) is 0 Å². The Morgan fingerprint density at radius 3 is 2.27 bits per heavy atom. The van der Waals surface area contributed by atoms with Gasteiger partial charge in [0, 0.05) is 30.8 Å². The van der Waals surface area contributed by atoms with E-state index in [1.54, 1.807) is 29.2 Å². The zero-order chi connectivity index (χ0) is 21.1. The van der Waals surface area contributed by atoms with Crippen molar-refractivity contribution in [2.45, 2.75) is 31.7 Å². The smallest absolute Gasteiger partial charge is 0.254 e. The van der Waals surface area contributed by atoms with E-state index in [1.807, 2.05) is 4.90 Å². The normalized spacial score (nSPS) is 18.7. The highest BCUT2D eigenvalue weighted by atomic mass is 19.2. The summed E-state index contributed by atoms with van der Waals surface area (Å²) in [6, 6.07) is 10.1. The molecule has 2 aromatic carbocycles. The Labute approximate surface area is 174 Å². The highest BCUT2D eigenvalue weighted by molar-refractivity contribution is 5.95. The molecule has 158 valence electrons. The van der Waals surface area contributed by atoms with Gasteiger partial charge in [-0.05, 0) is 68.1 Å². The number of ether oxygens (including phenoxy) is 1. The highest BCUT2D eigenvalue weighted by Gasteiger charge is 2.30. The number of rotatable bonds is 5. The van der Waals surface area contributed by atoms with Crippen LogP contribution in [0.1, 0.15) is 46.4 Å². The number of hydrogen-bond acceptors (Lipinski definition) is 3. The van der Waals surface area contributed by atoms with Gasteiger partial charge in [-0.3, -0.25) is 9.59 Å². The lowest BCUT2D eigenvalue weighted by atomic mass is 10.1. The fourth-order valence-electron chi connectivity index (χ4n) is 4.06. The minimum absolute atomic E-state index is 0.0399. The van der Waals surface area contributed by atoms with Crippen molar-refractivity contribution >= 4 is 11.8 Å². The van der Waals surface area contributed by atoms with E-state index in [4.69, 9.17) is 4.74 Å². The Bertz CT molecular complexity index is 927. The second kappa shape index (κ2) is 8.81. The molecule has 2 amide bonds. The largest absolute Gasteiger partial charge is 0.491 e. The van der Waals surface area contributed by atoms with Gasteiger partial charge in [0.25, 0.3) is 11.8 Å². The number of benzene rings is 2. The van der Waals surface area contributed by atoms with E-state index in [9.17, 15) is 18.4 Å². The van der Waals surface area contributed by atoms with E-state index in [1.165, 1.54) is 6.07 Å². The standard InChI is InChI=1S/C23H24F2N2O3/c24-20-10-7-17(14-21(20)25)23(29)27-13-3-4-18(27)15-30-19-8-5-16(6-9-19)22(28)26-11-1-2-12-26/h5-10,14,18H,1-4,11-13,15H2/t18-/m0/s1. The van der Waals surface area contributed by atoms with Crippen LogP contribution in [0, 0.1) is 11.6 Å². The molecule has 0 unspecified atom stereocenters. The van der Waals surface area contributed by atoms with E-state index < -0.39 is 11.6 Å². The Hall–Kier alpha value is -2.96. The van der Waals surface area contributed by atoms with Gasteiger partial charge in [-0.25, -0.2) is 8.78 Å². The van der Waals surface area contributed by atoms with Crippen molar-refractivity contribution in [2.75, 3.05) is 26.2 Å². The van der Waals surface area contributed by atoms with Gasteiger partial charge in [0.15, 0.2) is 11.6 Å². The van der Waals surface area contributed by atoms with Crippen LogP contribution in [0.2, 0.25) is 0 Å². The van der Waals surface area contributed by atoms with Gasteiger partial charge >= 0.3 is 0 Å². The summed E-state index contributed by atoms with van der Waals surface area (Å²) in [7, 11) is 0. The van der Waals surface area contributed by atoms with Crippen molar-refractivity contribution in [3.63, 3.8) is 0 Å². The quantitative estimate of drug-likeness (QED) is 0.746. The van der Waals surface area contributed by atoms with Crippen LogP contribution in [0.4, 0.5) is 8.78 Å². The van der Waals surface area contributed by atoms with Crippen molar-refractivity contribution in [3.8, 4) is 5.75 Å². The second-order valence-corrected chi connectivity index (χ2v) is 7.76. The molecular formula is C23H24F2N2O3. The summed E-state index contributed by atoms with van der Waals surface area (Å²) in [4.78, 5) is 28.6. The number of carbonyl (C=O) groups excluding carboxylic acids is 2. The molecule has 0 radical (unpaired) electrons. The van der Waals surface area contributed by atoms with Gasteiger partial charge in [0.1, 0.15) is 12.4 Å². The molecule has 2 heterocycles. The van der Waals surface area contributed by atoms with Gasteiger partial charge in [0.05, 0.1) is 6.04 Å². The van der Waals surface area contributed by atoms with Crippen molar-refractivity contribution < 1.29 is 23.1 Å². The molecule has 0 aliphatic carbocycles. The molecule has 2 aliphatic rings. The predicted molar refractivity (Wildman–Crippen MR) is 107 cm³/mol. The topological polar surface area (TPSA) is 49.9 Å². The molecule has 0 bridgehead atoms. The average molecular weight is 414 g/mol. The van der Waals surface area contributed by atoms with E-state index in [0.717, 1.165) is 50.9 Å². The molecule has 0 N–H and O–H groups in total. The first-order chi connectivity index (χ1) is 14.5. The first kappa shape index (κ1) is 20.3. The van der Waals surface area contributed by atoms with Crippen LogP contribution in [0.15, 0.2) is 42.5 Å². The molecule has 2 fully saturated rings. The fraction of sp³-hybridized carbons (Fsp3) is 0.391. The number of nitrogens with zero attached hydrogens (tertiary/aromatic N) is 2. The molecule has 2 aromatic rings. The third kappa shape index (κ3) is 4.30. The Balaban J connectivity index is 1.36. The number of amides is 2. The minimum atomic E-state index is -1.03. The number of hydrogen-bond donors (Lipinski definition) is 0. The highest BCUT2D eigenvalue weighted by Crippen LogP contribution is 2.23. The van der Waals surface area contributed by atoms with Crippen molar-refractivity contribution in [3.05, 3.63) is 65.2 Å². The summed E-state index contributed by atoms with van der Waals surface area (Å²) in [5.74, 6) is -1.67. The van der Waals surface area contributed by atoms with Crippen LogP contribution in [0.5, 0.6) is 5.75 Å². The summed E-state index contributed by atoms with van der Waals surface area (Å²) in [5, 5.41) is 0. The molecular weight excluding hydrogens is 390 g/mol. The number of carbonyl (C=O) groups is 2. The molecule has 0 saturated carbocycles. The first-order valence-electron chi connectivity index (χ1n) is 10.3. The lowest BCUT2D eigenvalue weighted by molar-refractivity contribution is 0.0690. The Kier molecular flexibility index (Phi) is 5.97. The molecule has 0 spiro atoms. The van der Waals surface area contributed by atoms with E-state index in [2.05, 4.69) is 0 Å². The zero-order valence-corrected chi connectivity index (χ0v) is 16.7. The van der Waals surface area contributed by atoms with Crippen LogP contribution in [0.25, 0.3) is 0 Å². The lowest BCUT2D eigenvalue weighted by Crippen LogP contribution is -2.39. The maximum absolute atomic E-state index is 13.5. The summed E-state index contributed by atoms with van der Waals surface area (Å²) in [6.45, 7) is 2.46. The number of likely N-dealkylation sites (tertiary alicyclic amines) is 2. The summed E-state index contributed by atoms with van der Waals surface area (Å²) >= 11 is 0. The van der Waals surface area contributed by atoms with Gasteiger partial charge in [-0.1, -0.05) is 0 Å². The minimum Gasteiger partial charge on any atom is -0.491 e. The van der Waals surface area contributed by atoms with Crippen LogP contribution < -0.4 is 4.74 Å². The van der Waals surface area contributed by atoms with E-state index in [-0.39, 0.29) is 23.4 Å². The molecule has 4 rings (SSSR count). The maximum atomic E-state index is 13.5. The fourth-order valence-corrected chi connectivity index (χ4v) is 4.06. The summed E-state index contributed by atoms with van der Waals surface area (Å²) < 4.78 is 32.5. The molecule has 30 heavy (non-hydrogen) atoms. The van der Waals surface area contributed by atoms with Crippen molar-refractivity contribution in [1.82, 2.24) is 9.80 Å². The van der Waals surface area contributed by atoms with E-state index >= 15 is 0 Å². The lowest BCUT2D eigenvalue weighted by Gasteiger charge is -2.25. The van der Waals surface area contributed by atoms with Crippen LogP contribution in [0.3, 0.4) is 0 Å².